The summed E-state index contributed by atoms with van der Waals surface area (Å²) in [5.41, 5.74) is 0.941. The van der Waals surface area contributed by atoms with Crippen LogP contribution < -0.4 is 0 Å². The summed E-state index contributed by atoms with van der Waals surface area (Å²) in [6.45, 7) is 1.69. The van der Waals surface area contributed by atoms with Crippen molar-refractivity contribution in [3.63, 3.8) is 0 Å². The Bertz CT molecular complexity index is 504. The molecule has 0 spiro atoms. The normalized spacial score (nSPS) is 10.6. The van der Waals surface area contributed by atoms with Crippen molar-refractivity contribution in [2.45, 2.75) is 19.8 Å². The number of carbonyl (C=O) groups is 1. The number of hydrogen-bond donors (Lipinski definition) is 1. The summed E-state index contributed by atoms with van der Waals surface area (Å²) >= 11 is 0. The van der Waals surface area contributed by atoms with Crippen molar-refractivity contribution >= 4 is 5.97 Å². The van der Waals surface area contributed by atoms with Crippen LogP contribution >= 0.6 is 0 Å². The van der Waals surface area contributed by atoms with Crippen molar-refractivity contribution in [3.8, 4) is 11.5 Å². The van der Waals surface area contributed by atoms with Crippen molar-refractivity contribution < 1.29 is 19.1 Å². The van der Waals surface area contributed by atoms with Crippen LogP contribution in [0.1, 0.15) is 18.0 Å². The first kappa shape index (κ1) is 10.3. The first-order chi connectivity index (χ1) is 7.66. The third-order valence-corrected chi connectivity index (χ3v) is 1.89. The lowest BCUT2D eigenvalue weighted by molar-refractivity contribution is -0.137. The summed E-state index contributed by atoms with van der Waals surface area (Å²) < 4.78 is 9.35. The summed E-state index contributed by atoms with van der Waals surface area (Å²) in [6.07, 6.45) is 0.129. The van der Waals surface area contributed by atoms with Crippen LogP contribution in [0.5, 0.6) is 0 Å². The Hall–Kier alpha value is -2.25. The largest absolute Gasteiger partial charge is 0.481 e. The Balaban J connectivity index is 2.14. The highest BCUT2D eigenvalue weighted by Gasteiger charge is 2.15. The number of carboxylic acid groups (broad SMARTS) is 1. The number of hydrogen-bond acceptors (Lipinski definition) is 7. The van der Waals surface area contributed by atoms with Gasteiger partial charge in [0, 0.05) is 6.42 Å². The second-order valence-corrected chi connectivity index (χ2v) is 3.10. The average Bonchev–Trinajstić information content (AvgIpc) is 2.83. The fraction of sp³-hybridized carbons (Fsp3) is 0.375. The molecule has 0 radical (unpaired) electrons. The fourth-order valence-corrected chi connectivity index (χ4v) is 1.10. The molecular weight excluding hydrogens is 216 g/mol. The van der Waals surface area contributed by atoms with Crippen LogP contribution in [-0.2, 0) is 11.2 Å². The second kappa shape index (κ2) is 4.09. The molecule has 2 heterocycles. The van der Waals surface area contributed by atoms with E-state index >= 15 is 0 Å². The van der Waals surface area contributed by atoms with E-state index in [-0.39, 0.29) is 24.6 Å². The molecule has 2 rings (SSSR count). The zero-order valence-corrected chi connectivity index (χ0v) is 8.38. The smallest absolute Gasteiger partial charge is 0.303 e. The summed E-state index contributed by atoms with van der Waals surface area (Å²) in [4.78, 5) is 14.3. The Morgan fingerprint density at radius 1 is 1.38 bits per heavy atom. The van der Waals surface area contributed by atoms with Crippen LogP contribution in [0.4, 0.5) is 0 Å². The molecule has 0 unspecified atom stereocenters. The average molecular weight is 224 g/mol. The van der Waals surface area contributed by atoms with Gasteiger partial charge in [-0.05, 0) is 12.1 Å². The minimum absolute atomic E-state index is 0.0579. The Morgan fingerprint density at radius 3 is 2.81 bits per heavy atom. The standard InChI is InChI=1S/C8H8N4O4/c1-4-7(11-16-10-4)8-9-5(15-12-8)2-3-6(13)14/h2-3H2,1H3,(H,13,14). The van der Waals surface area contributed by atoms with Gasteiger partial charge in [0.2, 0.25) is 11.7 Å². The van der Waals surface area contributed by atoms with Crippen LogP contribution in [0, 0.1) is 6.92 Å². The molecule has 0 amide bonds. The van der Waals surface area contributed by atoms with Gasteiger partial charge in [0.1, 0.15) is 5.69 Å². The van der Waals surface area contributed by atoms with Crippen LogP contribution in [0.25, 0.3) is 11.5 Å². The van der Waals surface area contributed by atoms with Crippen LogP contribution in [0.2, 0.25) is 0 Å². The van der Waals surface area contributed by atoms with E-state index < -0.39 is 5.97 Å². The SMILES string of the molecule is Cc1nonc1-c1noc(CCC(=O)O)n1. The second-order valence-electron chi connectivity index (χ2n) is 3.10. The Labute approximate surface area is 89.2 Å². The highest BCUT2D eigenvalue weighted by atomic mass is 16.6. The minimum atomic E-state index is -0.918. The molecule has 0 aromatic carbocycles. The van der Waals surface area contributed by atoms with Crippen LogP contribution in [0.3, 0.4) is 0 Å². The fourth-order valence-electron chi connectivity index (χ4n) is 1.10. The molecule has 8 nitrogen and oxygen atoms in total. The van der Waals surface area contributed by atoms with Gasteiger partial charge >= 0.3 is 5.97 Å². The van der Waals surface area contributed by atoms with Crippen molar-refractivity contribution in [1.29, 1.82) is 0 Å². The lowest BCUT2D eigenvalue weighted by Gasteiger charge is -1.87. The van der Waals surface area contributed by atoms with Crippen molar-refractivity contribution in [3.05, 3.63) is 11.6 Å². The van der Waals surface area contributed by atoms with Gasteiger partial charge in [-0.2, -0.15) is 4.98 Å². The maximum atomic E-state index is 10.3. The van der Waals surface area contributed by atoms with Gasteiger partial charge in [-0.25, -0.2) is 4.63 Å². The molecule has 16 heavy (non-hydrogen) atoms. The molecular formula is C8H8N4O4. The minimum Gasteiger partial charge on any atom is -0.481 e. The predicted molar refractivity (Wildman–Crippen MR) is 48.3 cm³/mol. The molecule has 0 aliphatic carbocycles. The molecule has 0 aliphatic rings. The van der Waals surface area contributed by atoms with Gasteiger partial charge in [0.05, 0.1) is 6.42 Å². The summed E-state index contributed by atoms with van der Waals surface area (Å²) in [5.74, 6) is -0.419. The maximum Gasteiger partial charge on any atom is 0.303 e. The van der Waals surface area contributed by atoms with Crippen molar-refractivity contribution in [2.24, 2.45) is 0 Å². The van der Waals surface area contributed by atoms with Crippen molar-refractivity contribution in [2.75, 3.05) is 0 Å². The number of rotatable bonds is 4. The first-order valence-corrected chi connectivity index (χ1v) is 4.50. The van der Waals surface area contributed by atoms with E-state index in [9.17, 15) is 4.79 Å². The number of aliphatic carboxylic acids is 1. The maximum absolute atomic E-state index is 10.3. The third-order valence-electron chi connectivity index (χ3n) is 1.89. The summed E-state index contributed by atoms with van der Waals surface area (Å²) in [6, 6.07) is 0. The molecule has 1 N–H and O–H groups in total. The van der Waals surface area contributed by atoms with E-state index in [1.54, 1.807) is 6.92 Å². The number of nitrogens with zero attached hydrogens (tertiary/aromatic N) is 4. The molecule has 84 valence electrons. The van der Waals surface area contributed by atoms with E-state index in [4.69, 9.17) is 9.63 Å². The van der Waals surface area contributed by atoms with Crippen molar-refractivity contribution in [1.82, 2.24) is 20.5 Å². The first-order valence-electron chi connectivity index (χ1n) is 4.50. The molecule has 0 fully saturated rings. The van der Waals surface area contributed by atoms with E-state index in [1.165, 1.54) is 0 Å². The zero-order valence-electron chi connectivity index (χ0n) is 8.38. The summed E-state index contributed by atoms with van der Waals surface area (Å²) in [7, 11) is 0. The Kier molecular flexibility index (Phi) is 2.63. The lowest BCUT2D eigenvalue weighted by atomic mass is 10.3. The number of aromatic nitrogens is 4. The predicted octanol–water partition coefficient (Wildman–Crippen LogP) is 0.445. The molecule has 2 aromatic rings. The highest BCUT2D eigenvalue weighted by molar-refractivity contribution is 5.66. The van der Waals surface area contributed by atoms with Crippen LogP contribution in [-0.4, -0.2) is 31.5 Å². The molecule has 0 bridgehead atoms. The van der Waals surface area contributed by atoms with Gasteiger partial charge in [-0.1, -0.05) is 10.3 Å². The summed E-state index contributed by atoms with van der Waals surface area (Å²) in [5, 5.41) is 19.3. The van der Waals surface area contributed by atoms with Gasteiger partial charge in [0.15, 0.2) is 5.69 Å². The van der Waals surface area contributed by atoms with Gasteiger partial charge < -0.3 is 9.63 Å². The molecule has 0 saturated heterocycles. The monoisotopic (exact) mass is 224 g/mol. The van der Waals surface area contributed by atoms with Gasteiger partial charge in [0.25, 0.3) is 0 Å². The highest BCUT2D eigenvalue weighted by Crippen LogP contribution is 2.16. The molecule has 0 atom stereocenters. The lowest BCUT2D eigenvalue weighted by Crippen LogP contribution is -1.97. The van der Waals surface area contributed by atoms with Gasteiger partial charge in [-0.3, -0.25) is 4.79 Å². The number of carboxylic acids is 1. The number of aryl methyl sites for hydroxylation is 2. The molecule has 8 heteroatoms. The third kappa shape index (κ3) is 2.05. The van der Waals surface area contributed by atoms with E-state index in [0.29, 0.717) is 11.4 Å². The van der Waals surface area contributed by atoms with Crippen LogP contribution in [0.15, 0.2) is 9.15 Å². The van der Waals surface area contributed by atoms with E-state index in [0.717, 1.165) is 0 Å². The zero-order chi connectivity index (χ0) is 11.5. The molecule has 2 aromatic heterocycles. The van der Waals surface area contributed by atoms with Gasteiger partial charge in [-0.15, -0.1) is 0 Å². The Morgan fingerprint density at radius 2 is 2.19 bits per heavy atom. The quantitative estimate of drug-likeness (QED) is 0.795. The molecule has 0 aliphatic heterocycles. The van der Waals surface area contributed by atoms with E-state index in [1.807, 2.05) is 0 Å². The molecule has 0 saturated carbocycles. The topological polar surface area (TPSA) is 115 Å². The van der Waals surface area contributed by atoms with E-state index in [2.05, 4.69) is 25.1 Å².